The first-order chi connectivity index (χ1) is 12.7. The summed E-state index contributed by atoms with van der Waals surface area (Å²) in [5, 5.41) is 8.33. The minimum Gasteiger partial charge on any atom is -0.497 e. The number of carbonyl (C=O) groups excluding carboxylic acids is 1. The van der Waals surface area contributed by atoms with Crippen LogP contribution in [-0.2, 0) is 9.53 Å². The second kappa shape index (κ2) is 8.89. The number of hydrogen-bond acceptors (Lipinski definition) is 7. The highest BCUT2D eigenvalue weighted by molar-refractivity contribution is 7.99. The molecule has 0 spiro atoms. The van der Waals surface area contributed by atoms with Crippen LogP contribution in [0, 0.1) is 11.8 Å². The minimum absolute atomic E-state index is 0.154. The predicted octanol–water partition coefficient (Wildman–Crippen LogP) is 3.98. The monoisotopic (exact) mass is 374 g/mol. The molecule has 1 aliphatic carbocycles. The first kappa shape index (κ1) is 18.5. The van der Waals surface area contributed by atoms with Gasteiger partial charge in [0.25, 0.3) is 5.22 Å². The molecule has 0 amide bonds. The largest absolute Gasteiger partial charge is 0.497 e. The molecule has 2 unspecified atom stereocenters. The molecular formula is C19H22N2O4S. The Morgan fingerprint density at radius 2 is 2.00 bits per heavy atom. The Morgan fingerprint density at radius 3 is 2.73 bits per heavy atom. The van der Waals surface area contributed by atoms with Gasteiger partial charge in [-0.15, -0.1) is 10.2 Å². The topological polar surface area (TPSA) is 74.5 Å². The third-order valence-electron chi connectivity index (χ3n) is 4.43. The van der Waals surface area contributed by atoms with Gasteiger partial charge in [-0.25, -0.2) is 0 Å². The van der Waals surface area contributed by atoms with E-state index in [-0.39, 0.29) is 11.7 Å². The standard InChI is InChI=1S/C19H22N2O4S/c1-13-5-3-4-6-15(13)11-24-17(22)12-26-19-21-20-18(25-19)14-7-9-16(23-2)10-8-14/h3-4,7-10,13,15H,5-6,11-12H2,1-2H3. The number of thioether (sulfide) groups is 1. The number of nitrogens with zero attached hydrogens (tertiary/aromatic N) is 2. The van der Waals surface area contributed by atoms with Crippen LogP contribution in [0.3, 0.4) is 0 Å². The van der Waals surface area contributed by atoms with Gasteiger partial charge in [-0.2, -0.15) is 0 Å². The molecular weight excluding hydrogens is 352 g/mol. The second-order valence-corrected chi connectivity index (χ2v) is 7.18. The summed E-state index contributed by atoms with van der Waals surface area (Å²) >= 11 is 1.19. The summed E-state index contributed by atoms with van der Waals surface area (Å²) in [4.78, 5) is 11.9. The molecule has 1 heterocycles. The molecule has 3 rings (SSSR count). The molecule has 7 heteroatoms. The summed E-state index contributed by atoms with van der Waals surface area (Å²) in [6, 6.07) is 7.33. The molecule has 138 valence electrons. The van der Waals surface area contributed by atoms with E-state index in [1.807, 2.05) is 24.3 Å². The zero-order chi connectivity index (χ0) is 18.4. The highest BCUT2D eigenvalue weighted by Gasteiger charge is 2.20. The molecule has 6 nitrogen and oxygen atoms in total. The smallest absolute Gasteiger partial charge is 0.316 e. The summed E-state index contributed by atoms with van der Waals surface area (Å²) < 4.78 is 16.1. The first-order valence-corrected chi connectivity index (χ1v) is 9.55. The number of allylic oxidation sites excluding steroid dienone is 2. The molecule has 0 N–H and O–H groups in total. The van der Waals surface area contributed by atoms with Crippen molar-refractivity contribution in [2.75, 3.05) is 19.5 Å². The number of ether oxygens (including phenoxy) is 2. The fourth-order valence-electron chi connectivity index (χ4n) is 2.72. The third kappa shape index (κ3) is 4.88. The lowest BCUT2D eigenvalue weighted by atomic mass is 9.85. The summed E-state index contributed by atoms with van der Waals surface area (Å²) in [6.07, 6.45) is 6.37. The lowest BCUT2D eigenvalue weighted by molar-refractivity contribution is -0.142. The Morgan fingerprint density at radius 1 is 1.23 bits per heavy atom. The molecule has 0 bridgehead atoms. The van der Waals surface area contributed by atoms with E-state index in [9.17, 15) is 4.79 Å². The molecule has 1 aliphatic rings. The maximum absolute atomic E-state index is 11.9. The van der Waals surface area contributed by atoms with E-state index < -0.39 is 0 Å². The SMILES string of the molecule is COc1ccc(-c2nnc(SCC(=O)OCC3CC=CCC3C)o2)cc1. The molecule has 0 radical (unpaired) electrons. The van der Waals surface area contributed by atoms with Gasteiger partial charge in [0.2, 0.25) is 5.89 Å². The maximum Gasteiger partial charge on any atom is 0.316 e. The van der Waals surface area contributed by atoms with Crippen molar-refractivity contribution in [1.82, 2.24) is 10.2 Å². The number of esters is 1. The third-order valence-corrected chi connectivity index (χ3v) is 5.23. The average Bonchev–Trinajstić information content (AvgIpc) is 3.15. The van der Waals surface area contributed by atoms with Crippen molar-refractivity contribution >= 4 is 17.7 Å². The van der Waals surface area contributed by atoms with Crippen molar-refractivity contribution in [1.29, 1.82) is 0 Å². The van der Waals surface area contributed by atoms with E-state index in [1.54, 1.807) is 7.11 Å². The number of methoxy groups -OCH3 is 1. The van der Waals surface area contributed by atoms with Gasteiger partial charge in [0.15, 0.2) is 0 Å². The number of benzene rings is 1. The van der Waals surface area contributed by atoms with E-state index in [4.69, 9.17) is 13.9 Å². The molecule has 0 saturated carbocycles. The molecule has 0 fully saturated rings. The van der Waals surface area contributed by atoms with Crippen LogP contribution in [-0.4, -0.2) is 35.6 Å². The van der Waals surface area contributed by atoms with Crippen molar-refractivity contribution in [3.05, 3.63) is 36.4 Å². The molecule has 0 aliphatic heterocycles. The number of aromatic nitrogens is 2. The van der Waals surface area contributed by atoms with Gasteiger partial charge >= 0.3 is 5.97 Å². The average molecular weight is 374 g/mol. The minimum atomic E-state index is -0.263. The van der Waals surface area contributed by atoms with Gasteiger partial charge in [0.05, 0.1) is 13.7 Å². The summed E-state index contributed by atoms with van der Waals surface area (Å²) in [6.45, 7) is 2.65. The lowest BCUT2D eigenvalue weighted by Gasteiger charge is -2.24. The van der Waals surface area contributed by atoms with Crippen LogP contribution in [0.15, 0.2) is 46.1 Å². The molecule has 1 aromatic heterocycles. The normalized spacial score (nSPS) is 19.3. The first-order valence-electron chi connectivity index (χ1n) is 8.57. The highest BCUT2D eigenvalue weighted by atomic mass is 32.2. The number of hydrogen-bond donors (Lipinski definition) is 0. The summed E-state index contributed by atoms with van der Waals surface area (Å²) in [7, 11) is 1.61. The molecule has 1 aromatic carbocycles. The molecule has 2 aromatic rings. The van der Waals surface area contributed by atoms with Gasteiger partial charge in [-0.1, -0.05) is 30.8 Å². The summed E-state index contributed by atoms with van der Waals surface area (Å²) in [5.74, 6) is 2.00. The number of carbonyl (C=O) groups is 1. The Labute approximate surface area is 157 Å². The van der Waals surface area contributed by atoms with Crippen LogP contribution < -0.4 is 4.74 Å². The van der Waals surface area contributed by atoms with Crippen molar-refractivity contribution in [3.8, 4) is 17.2 Å². The second-order valence-electron chi connectivity index (χ2n) is 6.25. The van der Waals surface area contributed by atoms with E-state index in [1.165, 1.54) is 11.8 Å². The van der Waals surface area contributed by atoms with E-state index in [0.29, 0.717) is 29.6 Å². The van der Waals surface area contributed by atoms with Crippen LogP contribution in [0.5, 0.6) is 5.75 Å². The highest BCUT2D eigenvalue weighted by Crippen LogP contribution is 2.26. The number of rotatable bonds is 7. The molecule has 2 atom stereocenters. The van der Waals surface area contributed by atoms with Gasteiger partial charge in [-0.05, 0) is 48.9 Å². The zero-order valence-corrected chi connectivity index (χ0v) is 15.7. The van der Waals surface area contributed by atoms with E-state index in [2.05, 4.69) is 29.3 Å². The van der Waals surface area contributed by atoms with Crippen LogP contribution >= 0.6 is 11.8 Å². The predicted molar refractivity (Wildman–Crippen MR) is 99.0 cm³/mol. The van der Waals surface area contributed by atoms with E-state index in [0.717, 1.165) is 24.2 Å². The van der Waals surface area contributed by atoms with Crippen LogP contribution in [0.2, 0.25) is 0 Å². The summed E-state index contributed by atoms with van der Waals surface area (Å²) in [5.41, 5.74) is 0.798. The van der Waals surface area contributed by atoms with Crippen molar-refractivity contribution in [2.45, 2.75) is 25.0 Å². The Bertz CT molecular complexity index is 757. The Hall–Kier alpha value is -2.28. The fraction of sp³-hybridized carbons (Fsp3) is 0.421. The van der Waals surface area contributed by atoms with Gasteiger partial charge in [-0.3, -0.25) is 4.79 Å². The zero-order valence-electron chi connectivity index (χ0n) is 14.9. The van der Waals surface area contributed by atoms with Gasteiger partial charge in [0.1, 0.15) is 11.5 Å². The Kier molecular flexibility index (Phi) is 6.33. The van der Waals surface area contributed by atoms with Crippen LogP contribution in [0.25, 0.3) is 11.5 Å². The van der Waals surface area contributed by atoms with Crippen LogP contribution in [0.1, 0.15) is 19.8 Å². The molecule has 0 saturated heterocycles. The lowest BCUT2D eigenvalue weighted by Crippen LogP contribution is -2.22. The van der Waals surface area contributed by atoms with Gasteiger partial charge in [0, 0.05) is 5.56 Å². The molecule has 26 heavy (non-hydrogen) atoms. The van der Waals surface area contributed by atoms with E-state index >= 15 is 0 Å². The Balaban J connectivity index is 1.46. The fourth-order valence-corrected chi connectivity index (χ4v) is 3.28. The van der Waals surface area contributed by atoms with Crippen molar-refractivity contribution in [3.63, 3.8) is 0 Å². The maximum atomic E-state index is 11.9. The van der Waals surface area contributed by atoms with Crippen molar-refractivity contribution in [2.24, 2.45) is 11.8 Å². The quantitative estimate of drug-likeness (QED) is 0.412. The van der Waals surface area contributed by atoms with Crippen molar-refractivity contribution < 1.29 is 18.7 Å². The van der Waals surface area contributed by atoms with Gasteiger partial charge < -0.3 is 13.9 Å². The van der Waals surface area contributed by atoms with Crippen LogP contribution in [0.4, 0.5) is 0 Å².